The molecule has 1 aromatic carbocycles. The highest BCUT2D eigenvalue weighted by molar-refractivity contribution is 7.99. The van der Waals surface area contributed by atoms with Crippen LogP contribution in [0, 0.1) is 25.2 Å². The third kappa shape index (κ3) is 4.05. The van der Waals surface area contributed by atoms with Gasteiger partial charge in [-0.2, -0.15) is 5.26 Å². The van der Waals surface area contributed by atoms with E-state index in [1.54, 1.807) is 19.2 Å². The minimum absolute atomic E-state index is 0.0947. The number of anilines is 1. The Morgan fingerprint density at radius 3 is 2.69 bits per heavy atom. The molecule has 32 heavy (non-hydrogen) atoms. The molecule has 0 unspecified atom stereocenters. The van der Waals surface area contributed by atoms with E-state index >= 15 is 0 Å². The van der Waals surface area contributed by atoms with E-state index in [0.717, 1.165) is 36.9 Å². The summed E-state index contributed by atoms with van der Waals surface area (Å²) in [7, 11) is 1.66. The van der Waals surface area contributed by atoms with Gasteiger partial charge in [0.1, 0.15) is 11.9 Å². The van der Waals surface area contributed by atoms with Gasteiger partial charge in [0.15, 0.2) is 5.16 Å². The van der Waals surface area contributed by atoms with Crippen LogP contribution in [0.4, 0.5) is 5.82 Å². The molecule has 3 aromatic rings. The number of carbonyl (C=O) groups excluding carboxylic acids is 1. The molecule has 0 bridgehead atoms. The van der Waals surface area contributed by atoms with Crippen LogP contribution in [0.25, 0.3) is 10.9 Å². The van der Waals surface area contributed by atoms with E-state index in [0.29, 0.717) is 33.5 Å². The fourth-order valence-corrected chi connectivity index (χ4v) is 5.28. The van der Waals surface area contributed by atoms with Crippen LogP contribution in [-0.2, 0) is 11.8 Å². The second-order valence-corrected chi connectivity index (χ2v) is 9.26. The highest BCUT2D eigenvalue weighted by atomic mass is 32.2. The van der Waals surface area contributed by atoms with Gasteiger partial charge in [-0.25, -0.2) is 4.98 Å². The minimum atomic E-state index is -0.219. The third-order valence-corrected chi connectivity index (χ3v) is 7.37. The Bertz CT molecular complexity index is 1280. The number of hydrogen-bond donors (Lipinski definition) is 1. The largest absolute Gasteiger partial charge is 0.327 e. The zero-order valence-electron chi connectivity index (χ0n) is 18.6. The van der Waals surface area contributed by atoms with Gasteiger partial charge in [0.05, 0.1) is 22.2 Å². The standard InChI is InChI=1S/C24H27N5O2S/c1-15-16(2)29(17-9-5-4-6-10-17)22(19(15)13-25)27-21(30)14-32-24-26-20-12-8-7-11-18(20)23(31)28(24)3/h7-8,11-12,17H,4-6,9-10,14H2,1-3H3,(H,27,30). The van der Waals surface area contributed by atoms with Gasteiger partial charge in [-0.3, -0.25) is 14.2 Å². The summed E-state index contributed by atoms with van der Waals surface area (Å²) in [6, 6.07) is 9.77. The van der Waals surface area contributed by atoms with Crippen molar-refractivity contribution in [1.82, 2.24) is 14.1 Å². The Labute approximate surface area is 191 Å². The maximum Gasteiger partial charge on any atom is 0.261 e. The van der Waals surface area contributed by atoms with Crippen LogP contribution in [0.2, 0.25) is 0 Å². The van der Waals surface area contributed by atoms with Crippen LogP contribution < -0.4 is 10.9 Å². The van der Waals surface area contributed by atoms with E-state index in [9.17, 15) is 14.9 Å². The molecule has 0 radical (unpaired) electrons. The molecule has 0 atom stereocenters. The molecule has 1 amide bonds. The summed E-state index contributed by atoms with van der Waals surface area (Å²) in [6.45, 7) is 3.95. The number of amides is 1. The van der Waals surface area contributed by atoms with Gasteiger partial charge in [0.2, 0.25) is 5.91 Å². The second-order valence-electron chi connectivity index (χ2n) is 8.32. The van der Waals surface area contributed by atoms with Crippen molar-refractivity contribution in [2.75, 3.05) is 11.1 Å². The maximum absolute atomic E-state index is 12.9. The van der Waals surface area contributed by atoms with Crippen molar-refractivity contribution in [1.29, 1.82) is 5.26 Å². The molecule has 1 fully saturated rings. The lowest BCUT2D eigenvalue weighted by Crippen LogP contribution is -2.23. The first-order chi connectivity index (χ1) is 15.4. The van der Waals surface area contributed by atoms with Gasteiger partial charge in [-0.1, -0.05) is 43.2 Å². The number of thioether (sulfide) groups is 1. The molecule has 0 spiro atoms. The fraction of sp³-hybridized carbons (Fsp3) is 0.417. The molecule has 8 heteroatoms. The lowest BCUT2D eigenvalue weighted by Gasteiger charge is -2.27. The van der Waals surface area contributed by atoms with Gasteiger partial charge in [0.25, 0.3) is 5.56 Å². The number of hydrogen-bond acceptors (Lipinski definition) is 5. The Hall–Kier alpha value is -3.05. The molecule has 0 aliphatic heterocycles. The lowest BCUT2D eigenvalue weighted by molar-refractivity contribution is -0.113. The number of para-hydroxylation sites is 1. The molecule has 4 rings (SSSR count). The summed E-state index contributed by atoms with van der Waals surface area (Å²) in [5.41, 5.74) is 2.96. The summed E-state index contributed by atoms with van der Waals surface area (Å²) in [5.74, 6) is 0.473. The van der Waals surface area contributed by atoms with Crippen LogP contribution >= 0.6 is 11.8 Å². The average molecular weight is 450 g/mol. The topological polar surface area (TPSA) is 92.7 Å². The summed E-state index contributed by atoms with van der Waals surface area (Å²) in [5, 5.41) is 13.8. The molecule has 1 saturated carbocycles. The smallest absolute Gasteiger partial charge is 0.261 e. The summed E-state index contributed by atoms with van der Waals surface area (Å²) in [6.07, 6.45) is 5.67. The highest BCUT2D eigenvalue weighted by Gasteiger charge is 2.26. The van der Waals surface area contributed by atoms with E-state index in [4.69, 9.17) is 0 Å². The van der Waals surface area contributed by atoms with E-state index < -0.39 is 0 Å². The number of nitriles is 1. The normalized spacial score (nSPS) is 14.4. The van der Waals surface area contributed by atoms with Crippen LogP contribution in [0.5, 0.6) is 0 Å². The van der Waals surface area contributed by atoms with Crippen LogP contribution in [0.1, 0.15) is 55.0 Å². The molecule has 1 aliphatic rings. The zero-order valence-corrected chi connectivity index (χ0v) is 19.5. The Morgan fingerprint density at radius 2 is 1.97 bits per heavy atom. The van der Waals surface area contributed by atoms with Crippen LogP contribution in [-0.4, -0.2) is 25.8 Å². The predicted octanol–water partition coefficient (Wildman–Crippen LogP) is 4.46. The molecule has 1 N–H and O–H groups in total. The monoisotopic (exact) mass is 449 g/mol. The number of fused-ring (bicyclic) bond motifs is 1. The predicted molar refractivity (Wildman–Crippen MR) is 127 cm³/mol. The number of aromatic nitrogens is 3. The molecular formula is C24H27N5O2S. The average Bonchev–Trinajstić information content (AvgIpc) is 3.04. The fourth-order valence-electron chi connectivity index (χ4n) is 4.51. The van der Waals surface area contributed by atoms with Crippen LogP contribution in [0.3, 0.4) is 0 Å². The van der Waals surface area contributed by atoms with Crippen molar-refractivity contribution >= 4 is 34.4 Å². The van der Waals surface area contributed by atoms with Crippen molar-refractivity contribution in [2.45, 2.75) is 57.1 Å². The Kier molecular flexibility index (Phi) is 6.38. The van der Waals surface area contributed by atoms with Crippen molar-refractivity contribution in [3.63, 3.8) is 0 Å². The number of nitrogens with one attached hydrogen (secondary N) is 1. The van der Waals surface area contributed by atoms with Crippen LogP contribution in [0.15, 0.2) is 34.2 Å². The van der Waals surface area contributed by atoms with Gasteiger partial charge in [-0.05, 0) is 44.4 Å². The number of benzene rings is 1. The van der Waals surface area contributed by atoms with E-state index in [1.165, 1.54) is 22.7 Å². The first-order valence-corrected chi connectivity index (χ1v) is 11.9. The van der Waals surface area contributed by atoms with Gasteiger partial charge < -0.3 is 9.88 Å². The maximum atomic E-state index is 12.9. The summed E-state index contributed by atoms with van der Waals surface area (Å²) >= 11 is 1.22. The van der Waals surface area contributed by atoms with Gasteiger partial charge in [0, 0.05) is 18.8 Å². The van der Waals surface area contributed by atoms with Gasteiger partial charge in [-0.15, -0.1) is 0 Å². The first kappa shape index (κ1) is 22.2. The van der Waals surface area contributed by atoms with Crippen molar-refractivity contribution in [3.8, 4) is 6.07 Å². The molecule has 0 saturated heterocycles. The molecule has 166 valence electrons. The molecule has 1 aliphatic carbocycles. The minimum Gasteiger partial charge on any atom is -0.327 e. The molecule has 2 heterocycles. The van der Waals surface area contributed by atoms with Gasteiger partial charge >= 0.3 is 0 Å². The molecule has 2 aromatic heterocycles. The highest BCUT2D eigenvalue weighted by Crippen LogP contribution is 2.36. The number of rotatable bonds is 5. The van der Waals surface area contributed by atoms with E-state index in [1.807, 2.05) is 26.0 Å². The Morgan fingerprint density at radius 1 is 1.25 bits per heavy atom. The number of carbonyl (C=O) groups is 1. The molecular weight excluding hydrogens is 422 g/mol. The van der Waals surface area contributed by atoms with E-state index in [-0.39, 0.29) is 17.2 Å². The van der Waals surface area contributed by atoms with Crippen molar-refractivity contribution in [2.24, 2.45) is 7.05 Å². The second kappa shape index (κ2) is 9.21. The van der Waals surface area contributed by atoms with Crippen molar-refractivity contribution in [3.05, 3.63) is 51.4 Å². The summed E-state index contributed by atoms with van der Waals surface area (Å²) < 4.78 is 3.62. The lowest BCUT2D eigenvalue weighted by atomic mass is 9.95. The first-order valence-electron chi connectivity index (χ1n) is 10.9. The third-order valence-electron chi connectivity index (χ3n) is 6.34. The van der Waals surface area contributed by atoms with E-state index in [2.05, 4.69) is 20.9 Å². The van der Waals surface area contributed by atoms with Crippen molar-refractivity contribution < 1.29 is 4.79 Å². The quantitative estimate of drug-likeness (QED) is 0.459. The number of nitrogens with zero attached hydrogens (tertiary/aromatic N) is 4. The zero-order chi connectivity index (χ0) is 22.8. The summed E-state index contributed by atoms with van der Waals surface area (Å²) in [4.78, 5) is 30.0. The Balaban J connectivity index is 1.57. The SMILES string of the molecule is Cc1c(C#N)c(NC(=O)CSc2nc3ccccc3c(=O)n2C)n(C2CCCCC2)c1C. The molecule has 7 nitrogen and oxygen atoms in total.